The van der Waals surface area contributed by atoms with E-state index in [9.17, 15) is 9.18 Å². The first-order valence-electron chi connectivity index (χ1n) is 5.60. The quantitative estimate of drug-likeness (QED) is 0.834. The van der Waals surface area contributed by atoms with Gasteiger partial charge < -0.3 is 15.8 Å². The molecule has 2 aromatic carbocycles. The van der Waals surface area contributed by atoms with Crippen LogP contribution in [0.3, 0.4) is 0 Å². The second-order valence-corrected chi connectivity index (χ2v) is 3.92. The molecule has 19 heavy (non-hydrogen) atoms. The van der Waals surface area contributed by atoms with Crippen LogP contribution in [0, 0.1) is 5.82 Å². The van der Waals surface area contributed by atoms with Gasteiger partial charge in [0, 0.05) is 17.3 Å². The molecule has 0 atom stereocenters. The average Bonchev–Trinajstić information content (AvgIpc) is 2.40. The third-order valence-corrected chi connectivity index (χ3v) is 2.56. The lowest BCUT2D eigenvalue weighted by molar-refractivity contribution is 0.102. The number of anilines is 2. The SMILES string of the molecule is COc1cc(N)ccc1NC(=O)c1cccc(F)c1. The van der Waals surface area contributed by atoms with E-state index in [1.807, 2.05) is 0 Å². The maximum Gasteiger partial charge on any atom is 0.255 e. The van der Waals surface area contributed by atoms with Crippen molar-refractivity contribution in [2.24, 2.45) is 0 Å². The lowest BCUT2D eigenvalue weighted by atomic mass is 10.2. The van der Waals surface area contributed by atoms with Gasteiger partial charge in [-0.2, -0.15) is 0 Å². The summed E-state index contributed by atoms with van der Waals surface area (Å²) in [5.74, 6) is -0.427. The topological polar surface area (TPSA) is 64.3 Å². The minimum Gasteiger partial charge on any atom is -0.494 e. The number of carbonyl (C=O) groups is 1. The fourth-order valence-electron chi connectivity index (χ4n) is 1.64. The number of halogens is 1. The van der Waals surface area contributed by atoms with Crippen molar-refractivity contribution in [2.45, 2.75) is 0 Å². The van der Waals surface area contributed by atoms with Gasteiger partial charge in [-0.05, 0) is 30.3 Å². The number of ether oxygens (including phenoxy) is 1. The van der Waals surface area contributed by atoms with E-state index in [0.717, 1.165) is 0 Å². The van der Waals surface area contributed by atoms with E-state index in [2.05, 4.69) is 5.32 Å². The number of carbonyl (C=O) groups excluding carboxylic acids is 1. The average molecular weight is 260 g/mol. The molecule has 0 aliphatic carbocycles. The van der Waals surface area contributed by atoms with Crippen LogP contribution >= 0.6 is 0 Å². The van der Waals surface area contributed by atoms with Crippen molar-refractivity contribution in [1.29, 1.82) is 0 Å². The largest absolute Gasteiger partial charge is 0.494 e. The number of hydrogen-bond acceptors (Lipinski definition) is 3. The maximum absolute atomic E-state index is 13.0. The van der Waals surface area contributed by atoms with Crippen molar-refractivity contribution in [1.82, 2.24) is 0 Å². The molecule has 1 amide bonds. The molecule has 0 bridgehead atoms. The highest BCUT2D eigenvalue weighted by Crippen LogP contribution is 2.27. The molecular formula is C14H13FN2O2. The van der Waals surface area contributed by atoms with Crippen LogP contribution in [0.1, 0.15) is 10.4 Å². The van der Waals surface area contributed by atoms with Crippen molar-refractivity contribution < 1.29 is 13.9 Å². The van der Waals surface area contributed by atoms with Crippen LogP contribution in [-0.4, -0.2) is 13.0 Å². The minimum atomic E-state index is -0.461. The predicted molar refractivity (Wildman–Crippen MR) is 71.8 cm³/mol. The molecule has 98 valence electrons. The summed E-state index contributed by atoms with van der Waals surface area (Å²) in [7, 11) is 1.48. The fraction of sp³-hybridized carbons (Fsp3) is 0.0714. The van der Waals surface area contributed by atoms with Crippen LogP contribution in [0.2, 0.25) is 0 Å². The number of rotatable bonds is 3. The van der Waals surface area contributed by atoms with Crippen LogP contribution in [-0.2, 0) is 0 Å². The van der Waals surface area contributed by atoms with Crippen LogP contribution in [0.15, 0.2) is 42.5 Å². The lowest BCUT2D eigenvalue weighted by Crippen LogP contribution is -2.12. The van der Waals surface area contributed by atoms with Crippen molar-refractivity contribution in [2.75, 3.05) is 18.2 Å². The molecule has 0 aliphatic heterocycles. The van der Waals surface area contributed by atoms with Crippen LogP contribution < -0.4 is 15.8 Å². The Hall–Kier alpha value is -2.56. The normalized spacial score (nSPS) is 10.0. The molecule has 0 aromatic heterocycles. The molecule has 0 saturated carbocycles. The van der Waals surface area contributed by atoms with E-state index >= 15 is 0 Å². The van der Waals surface area contributed by atoms with Gasteiger partial charge in [-0.15, -0.1) is 0 Å². The Balaban J connectivity index is 2.24. The Kier molecular flexibility index (Phi) is 3.66. The second kappa shape index (κ2) is 5.39. The van der Waals surface area contributed by atoms with E-state index in [1.54, 1.807) is 18.2 Å². The van der Waals surface area contributed by atoms with Crippen molar-refractivity contribution in [3.05, 3.63) is 53.8 Å². The number of nitrogens with two attached hydrogens (primary N) is 1. The Bertz CT molecular complexity index is 614. The molecule has 0 spiro atoms. The van der Waals surface area contributed by atoms with Crippen LogP contribution in [0.5, 0.6) is 5.75 Å². The summed E-state index contributed by atoms with van der Waals surface area (Å²) in [5.41, 5.74) is 6.86. The van der Waals surface area contributed by atoms with E-state index < -0.39 is 11.7 Å². The van der Waals surface area contributed by atoms with Gasteiger partial charge in [-0.1, -0.05) is 6.07 Å². The Labute approximate surface area is 110 Å². The second-order valence-electron chi connectivity index (χ2n) is 3.92. The number of hydrogen-bond donors (Lipinski definition) is 2. The number of amides is 1. The summed E-state index contributed by atoms with van der Waals surface area (Å²) in [6.07, 6.45) is 0. The first-order chi connectivity index (χ1) is 9.10. The highest BCUT2D eigenvalue weighted by atomic mass is 19.1. The summed E-state index contributed by atoms with van der Waals surface area (Å²) in [6.45, 7) is 0. The lowest BCUT2D eigenvalue weighted by Gasteiger charge is -2.10. The molecule has 0 fully saturated rings. The van der Waals surface area contributed by atoms with Crippen molar-refractivity contribution in [3.8, 4) is 5.75 Å². The van der Waals surface area contributed by atoms with Gasteiger partial charge >= 0.3 is 0 Å². The van der Waals surface area contributed by atoms with E-state index in [0.29, 0.717) is 17.1 Å². The highest BCUT2D eigenvalue weighted by Gasteiger charge is 2.10. The van der Waals surface area contributed by atoms with Gasteiger partial charge in [0.2, 0.25) is 0 Å². The van der Waals surface area contributed by atoms with Crippen molar-refractivity contribution in [3.63, 3.8) is 0 Å². The number of nitrogen functional groups attached to an aromatic ring is 1. The Morgan fingerprint density at radius 1 is 1.26 bits per heavy atom. The van der Waals surface area contributed by atoms with Gasteiger partial charge in [0.1, 0.15) is 11.6 Å². The monoisotopic (exact) mass is 260 g/mol. The zero-order chi connectivity index (χ0) is 13.8. The zero-order valence-electron chi connectivity index (χ0n) is 10.3. The van der Waals surface area contributed by atoms with E-state index in [4.69, 9.17) is 10.5 Å². The Morgan fingerprint density at radius 2 is 2.05 bits per heavy atom. The van der Waals surface area contributed by atoms with Gasteiger partial charge in [-0.25, -0.2) is 4.39 Å². The molecule has 0 heterocycles. The summed E-state index contributed by atoms with van der Waals surface area (Å²) in [6, 6.07) is 10.3. The molecule has 4 nitrogen and oxygen atoms in total. The van der Waals surface area contributed by atoms with Crippen molar-refractivity contribution >= 4 is 17.3 Å². The predicted octanol–water partition coefficient (Wildman–Crippen LogP) is 2.67. The van der Waals surface area contributed by atoms with Crippen LogP contribution in [0.4, 0.5) is 15.8 Å². The molecule has 0 radical (unpaired) electrons. The molecule has 2 aromatic rings. The maximum atomic E-state index is 13.0. The smallest absolute Gasteiger partial charge is 0.255 e. The first kappa shape index (κ1) is 12.9. The molecular weight excluding hydrogens is 247 g/mol. The molecule has 0 unspecified atom stereocenters. The molecule has 5 heteroatoms. The van der Waals surface area contributed by atoms with E-state index in [-0.39, 0.29) is 5.56 Å². The van der Waals surface area contributed by atoms with E-state index in [1.165, 1.54) is 31.4 Å². The summed E-state index contributed by atoms with van der Waals surface area (Å²) in [5, 5.41) is 2.65. The number of nitrogens with one attached hydrogen (secondary N) is 1. The fourth-order valence-corrected chi connectivity index (χ4v) is 1.64. The molecule has 0 saturated heterocycles. The molecule has 0 aliphatic rings. The summed E-state index contributed by atoms with van der Waals surface area (Å²) >= 11 is 0. The van der Waals surface area contributed by atoms with Crippen LogP contribution in [0.25, 0.3) is 0 Å². The third-order valence-electron chi connectivity index (χ3n) is 2.56. The van der Waals surface area contributed by atoms with Gasteiger partial charge in [0.05, 0.1) is 12.8 Å². The minimum absolute atomic E-state index is 0.235. The zero-order valence-corrected chi connectivity index (χ0v) is 10.3. The highest BCUT2D eigenvalue weighted by molar-refractivity contribution is 6.05. The number of benzene rings is 2. The van der Waals surface area contributed by atoms with Gasteiger partial charge in [0.25, 0.3) is 5.91 Å². The standard InChI is InChI=1S/C14H13FN2O2/c1-19-13-8-11(16)5-6-12(13)17-14(18)9-3-2-4-10(15)7-9/h2-8H,16H2,1H3,(H,17,18). The first-order valence-corrected chi connectivity index (χ1v) is 5.60. The molecule has 3 N–H and O–H groups in total. The molecule has 2 rings (SSSR count). The van der Waals surface area contributed by atoms with Gasteiger partial charge in [0.15, 0.2) is 0 Å². The Morgan fingerprint density at radius 3 is 2.74 bits per heavy atom. The van der Waals surface area contributed by atoms with Gasteiger partial charge in [-0.3, -0.25) is 4.79 Å². The third kappa shape index (κ3) is 3.01. The number of methoxy groups -OCH3 is 1. The summed E-state index contributed by atoms with van der Waals surface area (Å²) in [4.78, 5) is 12.0. The summed E-state index contributed by atoms with van der Waals surface area (Å²) < 4.78 is 18.2.